The SMILES string of the molecule is COc1ccccc1NC(=O)c1c(N)c(C(=O)c2ccc(OC)c(OC)c2)n2ccccc12. The Labute approximate surface area is 190 Å². The molecule has 33 heavy (non-hydrogen) atoms. The molecule has 0 atom stereocenters. The molecular formula is C25H23N3O5. The summed E-state index contributed by atoms with van der Waals surface area (Å²) in [5.74, 6) is 0.614. The van der Waals surface area contributed by atoms with Gasteiger partial charge in [-0.15, -0.1) is 0 Å². The average Bonchev–Trinajstić information content (AvgIpc) is 3.15. The van der Waals surface area contributed by atoms with Gasteiger partial charge < -0.3 is 29.7 Å². The maximum absolute atomic E-state index is 13.5. The molecule has 1 amide bonds. The number of hydrogen-bond donors (Lipinski definition) is 2. The Bertz CT molecular complexity index is 1360. The Morgan fingerprint density at radius 1 is 0.848 bits per heavy atom. The first-order valence-electron chi connectivity index (χ1n) is 10.1. The van der Waals surface area contributed by atoms with Gasteiger partial charge in [0.25, 0.3) is 5.91 Å². The van der Waals surface area contributed by atoms with Gasteiger partial charge in [0.2, 0.25) is 5.78 Å². The van der Waals surface area contributed by atoms with E-state index in [0.29, 0.717) is 34.0 Å². The molecule has 8 heteroatoms. The number of nitrogen functional groups attached to an aromatic ring is 1. The molecule has 0 aliphatic rings. The molecular weight excluding hydrogens is 422 g/mol. The zero-order chi connectivity index (χ0) is 23.5. The van der Waals surface area contributed by atoms with Crippen molar-refractivity contribution in [2.24, 2.45) is 0 Å². The van der Waals surface area contributed by atoms with Crippen LogP contribution in [0, 0.1) is 0 Å². The second kappa shape index (κ2) is 8.96. The fourth-order valence-electron chi connectivity index (χ4n) is 3.75. The second-order valence-corrected chi connectivity index (χ2v) is 7.15. The molecule has 0 unspecified atom stereocenters. The maximum atomic E-state index is 13.5. The number of para-hydroxylation sites is 2. The lowest BCUT2D eigenvalue weighted by atomic mass is 10.1. The third-order valence-corrected chi connectivity index (χ3v) is 5.32. The molecule has 2 aromatic heterocycles. The van der Waals surface area contributed by atoms with E-state index < -0.39 is 5.91 Å². The molecule has 0 aliphatic heterocycles. The molecule has 0 saturated carbocycles. The Kier molecular flexibility index (Phi) is 5.91. The molecule has 0 saturated heterocycles. The van der Waals surface area contributed by atoms with Gasteiger partial charge in [-0.3, -0.25) is 9.59 Å². The van der Waals surface area contributed by atoms with E-state index in [0.717, 1.165) is 0 Å². The molecule has 3 N–H and O–H groups in total. The van der Waals surface area contributed by atoms with Crippen LogP contribution in [0.1, 0.15) is 26.4 Å². The molecule has 0 bridgehead atoms. The highest BCUT2D eigenvalue weighted by atomic mass is 16.5. The van der Waals surface area contributed by atoms with Gasteiger partial charge in [0, 0.05) is 11.8 Å². The molecule has 168 valence electrons. The number of nitrogens with two attached hydrogens (primary N) is 1. The molecule has 4 rings (SSSR count). The van der Waals surface area contributed by atoms with Crippen molar-refractivity contribution in [3.8, 4) is 17.2 Å². The van der Waals surface area contributed by atoms with Gasteiger partial charge in [-0.05, 0) is 42.5 Å². The lowest BCUT2D eigenvalue weighted by Gasteiger charge is -2.10. The number of aromatic nitrogens is 1. The maximum Gasteiger partial charge on any atom is 0.260 e. The summed E-state index contributed by atoms with van der Waals surface area (Å²) in [5.41, 5.74) is 8.22. The zero-order valence-corrected chi connectivity index (χ0v) is 18.4. The van der Waals surface area contributed by atoms with Crippen LogP contribution in [0.15, 0.2) is 66.9 Å². The van der Waals surface area contributed by atoms with Crippen LogP contribution in [0.5, 0.6) is 17.2 Å². The summed E-state index contributed by atoms with van der Waals surface area (Å²) in [5, 5.41) is 2.83. The number of benzene rings is 2. The molecule has 4 aromatic rings. The normalized spacial score (nSPS) is 10.6. The number of fused-ring (bicyclic) bond motifs is 1. The van der Waals surface area contributed by atoms with Crippen LogP contribution in [0.25, 0.3) is 5.52 Å². The minimum Gasteiger partial charge on any atom is -0.495 e. The highest BCUT2D eigenvalue weighted by Gasteiger charge is 2.27. The standard InChI is InChI=1S/C25H23N3O5/c1-31-18-10-5-4-8-16(18)27-25(30)21-17-9-6-7-13-28(17)23(22(21)26)24(29)15-11-12-19(32-2)20(14-15)33-3/h4-14H,26H2,1-3H3,(H,27,30). The summed E-state index contributed by atoms with van der Waals surface area (Å²) in [4.78, 5) is 26.8. The fraction of sp³-hybridized carbons (Fsp3) is 0.120. The number of carbonyl (C=O) groups is 2. The van der Waals surface area contributed by atoms with Gasteiger partial charge in [-0.25, -0.2) is 0 Å². The fourth-order valence-corrected chi connectivity index (χ4v) is 3.75. The number of nitrogens with zero attached hydrogens (tertiary/aromatic N) is 1. The topological polar surface area (TPSA) is 104 Å². The van der Waals surface area contributed by atoms with Gasteiger partial charge in [-0.1, -0.05) is 18.2 Å². The molecule has 8 nitrogen and oxygen atoms in total. The summed E-state index contributed by atoms with van der Waals surface area (Å²) in [6, 6.07) is 17.2. The van der Waals surface area contributed by atoms with E-state index in [4.69, 9.17) is 19.9 Å². The van der Waals surface area contributed by atoms with Crippen molar-refractivity contribution in [2.75, 3.05) is 32.4 Å². The first kappa shape index (κ1) is 21.8. The van der Waals surface area contributed by atoms with E-state index in [1.807, 2.05) is 0 Å². The summed E-state index contributed by atoms with van der Waals surface area (Å²) < 4.78 is 17.5. The number of rotatable bonds is 7. The molecule has 0 aliphatic carbocycles. The molecule has 0 radical (unpaired) electrons. The van der Waals surface area contributed by atoms with Crippen LogP contribution >= 0.6 is 0 Å². The van der Waals surface area contributed by atoms with E-state index in [2.05, 4.69) is 5.32 Å². The van der Waals surface area contributed by atoms with Crippen molar-refractivity contribution in [1.29, 1.82) is 0 Å². The predicted molar refractivity (Wildman–Crippen MR) is 126 cm³/mol. The number of nitrogens with one attached hydrogen (secondary N) is 1. The van der Waals surface area contributed by atoms with Crippen LogP contribution in [0.2, 0.25) is 0 Å². The monoisotopic (exact) mass is 445 g/mol. The molecule has 2 aromatic carbocycles. The van der Waals surface area contributed by atoms with Gasteiger partial charge in [0.05, 0.1) is 43.8 Å². The molecule has 2 heterocycles. The van der Waals surface area contributed by atoms with E-state index in [-0.39, 0.29) is 22.7 Å². The molecule has 0 spiro atoms. The summed E-state index contributed by atoms with van der Waals surface area (Å²) in [7, 11) is 4.53. The number of carbonyl (C=O) groups excluding carboxylic acids is 2. The number of ether oxygens (including phenoxy) is 3. The third kappa shape index (κ3) is 3.82. The van der Waals surface area contributed by atoms with Crippen LogP contribution < -0.4 is 25.3 Å². The highest BCUT2D eigenvalue weighted by Crippen LogP contribution is 2.33. The molecule has 0 fully saturated rings. The van der Waals surface area contributed by atoms with Crippen LogP contribution in [-0.2, 0) is 0 Å². The zero-order valence-electron chi connectivity index (χ0n) is 18.4. The Hall–Kier alpha value is -4.46. The van der Waals surface area contributed by atoms with Crippen molar-refractivity contribution in [3.05, 3.63) is 83.7 Å². The number of ketones is 1. The highest BCUT2D eigenvalue weighted by molar-refractivity contribution is 6.20. The summed E-state index contributed by atoms with van der Waals surface area (Å²) in [6.45, 7) is 0. The second-order valence-electron chi connectivity index (χ2n) is 7.15. The Morgan fingerprint density at radius 3 is 2.27 bits per heavy atom. The van der Waals surface area contributed by atoms with Gasteiger partial charge in [0.1, 0.15) is 11.4 Å². The number of anilines is 2. The lowest BCUT2D eigenvalue weighted by Crippen LogP contribution is -2.14. The Morgan fingerprint density at radius 2 is 1.55 bits per heavy atom. The van der Waals surface area contributed by atoms with Crippen molar-refractivity contribution < 1.29 is 23.8 Å². The number of hydrogen-bond acceptors (Lipinski definition) is 6. The van der Waals surface area contributed by atoms with Crippen molar-refractivity contribution in [3.63, 3.8) is 0 Å². The van der Waals surface area contributed by atoms with Gasteiger partial charge in [-0.2, -0.15) is 0 Å². The van der Waals surface area contributed by atoms with Gasteiger partial charge >= 0.3 is 0 Å². The van der Waals surface area contributed by atoms with E-state index >= 15 is 0 Å². The van der Waals surface area contributed by atoms with Crippen LogP contribution in [-0.4, -0.2) is 37.4 Å². The van der Waals surface area contributed by atoms with E-state index in [9.17, 15) is 9.59 Å². The van der Waals surface area contributed by atoms with Crippen LogP contribution in [0.3, 0.4) is 0 Å². The van der Waals surface area contributed by atoms with Gasteiger partial charge in [0.15, 0.2) is 11.5 Å². The predicted octanol–water partition coefficient (Wildman–Crippen LogP) is 4.03. The largest absolute Gasteiger partial charge is 0.495 e. The smallest absolute Gasteiger partial charge is 0.260 e. The number of pyridine rings is 1. The average molecular weight is 445 g/mol. The first-order chi connectivity index (χ1) is 16.0. The minimum atomic E-state index is -0.452. The van der Waals surface area contributed by atoms with Crippen LogP contribution in [0.4, 0.5) is 11.4 Å². The van der Waals surface area contributed by atoms with Crippen molar-refractivity contribution in [2.45, 2.75) is 0 Å². The van der Waals surface area contributed by atoms with Crippen molar-refractivity contribution >= 4 is 28.6 Å². The number of amides is 1. The first-order valence-corrected chi connectivity index (χ1v) is 10.1. The summed E-state index contributed by atoms with van der Waals surface area (Å²) >= 11 is 0. The quantitative estimate of drug-likeness (QED) is 0.416. The van der Waals surface area contributed by atoms with E-state index in [1.165, 1.54) is 21.3 Å². The number of methoxy groups -OCH3 is 3. The third-order valence-electron chi connectivity index (χ3n) is 5.32. The minimum absolute atomic E-state index is 0.0772. The van der Waals surface area contributed by atoms with Crippen molar-refractivity contribution in [1.82, 2.24) is 4.40 Å². The summed E-state index contributed by atoms with van der Waals surface area (Å²) in [6.07, 6.45) is 1.69. The van der Waals surface area contributed by atoms with E-state index in [1.54, 1.807) is 71.3 Å². The Balaban J connectivity index is 1.81. The lowest BCUT2D eigenvalue weighted by molar-refractivity contribution is 0.102.